The Morgan fingerprint density at radius 1 is 1.12 bits per heavy atom. The van der Waals surface area contributed by atoms with Crippen LogP contribution in [-0.4, -0.2) is 41.2 Å². The molecule has 0 atom stereocenters. The van der Waals surface area contributed by atoms with Gasteiger partial charge in [0.2, 0.25) is 11.8 Å². The molecule has 0 fully saturated rings. The number of Topliss-reactive ketones (excluding diaryl/α,β-unsaturated/α-hetero) is 1. The van der Waals surface area contributed by atoms with Crippen LogP contribution in [0.3, 0.4) is 0 Å². The van der Waals surface area contributed by atoms with E-state index < -0.39 is 0 Å². The number of ketones is 1. The number of anilines is 1. The molecule has 0 aliphatic heterocycles. The van der Waals surface area contributed by atoms with Crippen LogP contribution in [-0.2, 0) is 9.59 Å². The predicted molar refractivity (Wildman–Crippen MR) is 97.0 cm³/mol. The normalized spacial score (nSPS) is 10.5. The Bertz CT molecular complexity index is 826. The Labute approximate surface area is 152 Å². The number of likely N-dealkylation sites (N-methyl/N-ethyl adjacent to an activating group) is 1. The van der Waals surface area contributed by atoms with E-state index in [-0.39, 0.29) is 37.0 Å². The number of aryl methyl sites for hydroxylation is 3. The Balaban J connectivity index is 1.83. The topological polar surface area (TPSA) is 92.5 Å². The van der Waals surface area contributed by atoms with Crippen molar-refractivity contribution in [1.29, 1.82) is 0 Å². The number of nitrogens with zero attached hydrogens (tertiary/aromatic N) is 2. The van der Waals surface area contributed by atoms with Crippen LogP contribution in [0, 0.1) is 20.8 Å². The number of amides is 2. The predicted octanol–water partition coefficient (Wildman–Crippen LogP) is 2.66. The van der Waals surface area contributed by atoms with Crippen molar-refractivity contribution in [3.05, 3.63) is 46.7 Å². The molecular formula is C19H23N3O4. The molecule has 2 aromatic rings. The lowest BCUT2D eigenvalue weighted by Gasteiger charge is -2.16. The third-order valence-electron chi connectivity index (χ3n) is 3.96. The van der Waals surface area contributed by atoms with Gasteiger partial charge in [0, 0.05) is 31.5 Å². The molecule has 7 nitrogen and oxygen atoms in total. The molecule has 0 spiro atoms. The third kappa shape index (κ3) is 5.27. The number of carbonyl (C=O) groups is 3. The summed E-state index contributed by atoms with van der Waals surface area (Å²) in [4.78, 5) is 37.7. The van der Waals surface area contributed by atoms with Crippen LogP contribution >= 0.6 is 0 Å². The largest absolute Gasteiger partial charge is 0.360 e. The highest BCUT2D eigenvalue weighted by Crippen LogP contribution is 2.14. The van der Waals surface area contributed by atoms with E-state index in [1.165, 1.54) is 11.9 Å². The van der Waals surface area contributed by atoms with Crippen LogP contribution in [0.2, 0.25) is 0 Å². The van der Waals surface area contributed by atoms with E-state index >= 15 is 0 Å². The van der Waals surface area contributed by atoms with Crippen molar-refractivity contribution in [2.24, 2.45) is 0 Å². The lowest BCUT2D eigenvalue weighted by molar-refractivity contribution is -0.133. The molecule has 1 N–H and O–H groups in total. The van der Waals surface area contributed by atoms with E-state index in [0.717, 1.165) is 11.1 Å². The van der Waals surface area contributed by atoms with Crippen molar-refractivity contribution < 1.29 is 18.9 Å². The average molecular weight is 357 g/mol. The Hall–Kier alpha value is -2.96. The molecule has 0 bridgehead atoms. The highest BCUT2D eigenvalue weighted by atomic mass is 16.5. The van der Waals surface area contributed by atoms with Gasteiger partial charge in [-0.3, -0.25) is 14.4 Å². The fourth-order valence-corrected chi connectivity index (χ4v) is 2.49. The summed E-state index contributed by atoms with van der Waals surface area (Å²) in [6.07, 6.45) is 0.163. The molecule has 0 saturated heterocycles. The molecule has 0 aliphatic rings. The molecule has 0 radical (unpaired) electrons. The van der Waals surface area contributed by atoms with Crippen LogP contribution in [0.15, 0.2) is 28.8 Å². The monoisotopic (exact) mass is 357 g/mol. The minimum Gasteiger partial charge on any atom is -0.360 e. The number of hydrogen-bond donors (Lipinski definition) is 1. The van der Waals surface area contributed by atoms with E-state index in [9.17, 15) is 14.4 Å². The van der Waals surface area contributed by atoms with Crippen LogP contribution in [0.1, 0.15) is 40.1 Å². The van der Waals surface area contributed by atoms with E-state index in [0.29, 0.717) is 17.1 Å². The van der Waals surface area contributed by atoms with Gasteiger partial charge in [-0.1, -0.05) is 22.9 Å². The lowest BCUT2D eigenvalue weighted by atomic mass is 9.99. The third-order valence-corrected chi connectivity index (χ3v) is 3.96. The fraction of sp³-hybridized carbons (Fsp3) is 0.368. The van der Waals surface area contributed by atoms with E-state index in [4.69, 9.17) is 4.52 Å². The number of carbonyl (C=O) groups excluding carboxylic acids is 3. The minimum atomic E-state index is -0.380. The molecule has 0 saturated carbocycles. The summed E-state index contributed by atoms with van der Waals surface area (Å²) in [5.74, 6) is 0.161. The van der Waals surface area contributed by atoms with Crippen molar-refractivity contribution in [2.75, 3.05) is 18.9 Å². The number of rotatable bonds is 7. The first-order valence-electron chi connectivity index (χ1n) is 8.34. The fourth-order valence-electron chi connectivity index (χ4n) is 2.49. The molecule has 26 heavy (non-hydrogen) atoms. The summed E-state index contributed by atoms with van der Waals surface area (Å²) in [6, 6.07) is 7.26. The van der Waals surface area contributed by atoms with E-state index in [1.807, 2.05) is 32.0 Å². The molecule has 2 amide bonds. The van der Waals surface area contributed by atoms with Gasteiger partial charge in [0.15, 0.2) is 11.6 Å². The quantitative estimate of drug-likeness (QED) is 0.769. The highest BCUT2D eigenvalue weighted by Gasteiger charge is 2.17. The number of benzene rings is 1. The number of hydrogen-bond acceptors (Lipinski definition) is 5. The van der Waals surface area contributed by atoms with Crippen LogP contribution in [0.4, 0.5) is 5.82 Å². The Morgan fingerprint density at radius 3 is 2.50 bits per heavy atom. The molecular weight excluding hydrogens is 334 g/mol. The molecule has 138 valence electrons. The van der Waals surface area contributed by atoms with Gasteiger partial charge in [0.25, 0.3) is 0 Å². The summed E-state index contributed by atoms with van der Waals surface area (Å²) < 4.78 is 4.86. The van der Waals surface area contributed by atoms with Gasteiger partial charge in [-0.25, -0.2) is 0 Å². The molecule has 1 aromatic heterocycles. The van der Waals surface area contributed by atoms with E-state index in [1.54, 1.807) is 13.0 Å². The molecule has 0 aliphatic carbocycles. The average Bonchev–Trinajstić information content (AvgIpc) is 2.98. The zero-order valence-electron chi connectivity index (χ0n) is 15.5. The van der Waals surface area contributed by atoms with Crippen molar-refractivity contribution in [3.8, 4) is 0 Å². The number of nitrogens with one attached hydrogen (secondary N) is 1. The summed E-state index contributed by atoms with van der Waals surface area (Å²) >= 11 is 0. The van der Waals surface area contributed by atoms with Gasteiger partial charge in [-0.05, 0) is 32.4 Å². The second-order valence-electron chi connectivity index (χ2n) is 6.36. The smallest absolute Gasteiger partial charge is 0.245 e. The standard InChI is InChI=1S/C19H23N3O4/c1-12-5-6-13(2)15(9-12)16(23)7-8-19(25)22(4)11-18(24)20-17-10-14(3)26-21-17/h5-6,9-10H,7-8,11H2,1-4H3,(H,20,21,24). The van der Waals surface area contributed by atoms with Crippen molar-refractivity contribution in [3.63, 3.8) is 0 Å². The maximum Gasteiger partial charge on any atom is 0.245 e. The Kier molecular flexibility index (Phi) is 6.27. The van der Waals surface area contributed by atoms with Crippen LogP contribution in [0.25, 0.3) is 0 Å². The zero-order chi connectivity index (χ0) is 19.3. The first-order chi connectivity index (χ1) is 12.3. The van der Waals surface area contributed by atoms with Gasteiger partial charge in [0.05, 0.1) is 6.54 Å². The lowest BCUT2D eigenvalue weighted by Crippen LogP contribution is -2.35. The van der Waals surface area contributed by atoms with Gasteiger partial charge >= 0.3 is 0 Å². The second kappa shape index (κ2) is 8.42. The van der Waals surface area contributed by atoms with Crippen molar-refractivity contribution in [2.45, 2.75) is 33.6 Å². The van der Waals surface area contributed by atoms with E-state index in [2.05, 4.69) is 10.5 Å². The Morgan fingerprint density at radius 2 is 1.85 bits per heavy atom. The van der Waals surface area contributed by atoms with Gasteiger partial charge < -0.3 is 14.7 Å². The summed E-state index contributed by atoms with van der Waals surface area (Å²) in [6.45, 7) is 5.38. The molecule has 7 heteroatoms. The maximum atomic E-state index is 12.3. The van der Waals surface area contributed by atoms with Crippen molar-refractivity contribution in [1.82, 2.24) is 10.1 Å². The van der Waals surface area contributed by atoms with Crippen molar-refractivity contribution >= 4 is 23.4 Å². The number of aromatic nitrogens is 1. The van der Waals surface area contributed by atoms with Crippen LogP contribution in [0.5, 0.6) is 0 Å². The molecule has 1 aromatic carbocycles. The van der Waals surface area contributed by atoms with Gasteiger partial charge in [-0.15, -0.1) is 0 Å². The second-order valence-corrected chi connectivity index (χ2v) is 6.36. The summed E-state index contributed by atoms with van der Waals surface area (Å²) in [5, 5.41) is 6.21. The molecule has 2 rings (SSSR count). The van der Waals surface area contributed by atoms with Gasteiger partial charge in [-0.2, -0.15) is 0 Å². The maximum absolute atomic E-state index is 12.3. The zero-order valence-corrected chi connectivity index (χ0v) is 15.5. The molecule has 0 unspecified atom stereocenters. The summed E-state index contributed by atoms with van der Waals surface area (Å²) in [7, 11) is 1.53. The highest BCUT2D eigenvalue weighted by molar-refractivity contribution is 5.99. The first-order valence-corrected chi connectivity index (χ1v) is 8.34. The first kappa shape index (κ1) is 19.4. The van der Waals surface area contributed by atoms with Gasteiger partial charge in [0.1, 0.15) is 5.76 Å². The minimum absolute atomic E-state index is 0.0546. The SMILES string of the molecule is Cc1ccc(C)c(C(=O)CCC(=O)N(C)CC(=O)Nc2cc(C)on2)c1. The van der Waals surface area contributed by atoms with Crippen LogP contribution < -0.4 is 5.32 Å². The summed E-state index contributed by atoms with van der Waals surface area (Å²) in [5.41, 5.74) is 2.53. The molecule has 1 heterocycles.